The second-order valence-corrected chi connectivity index (χ2v) is 16.4. The van der Waals surface area contributed by atoms with Crippen molar-refractivity contribution in [3.8, 4) is 0 Å². The fraction of sp³-hybridized carbons (Fsp3) is 0.367. The molecule has 2 saturated heterocycles. The Morgan fingerprint density at radius 3 is 1.83 bits per heavy atom. The third kappa shape index (κ3) is 5.11. The number of aliphatic hydroxyl groups is 1. The molecule has 5 unspecified atom stereocenters. The Hall–Kier alpha value is -3.11. The number of rotatable bonds is 4. The van der Waals surface area contributed by atoms with Gasteiger partial charge in [0, 0.05) is 21.2 Å². The molecule has 4 aromatic rings. The predicted molar refractivity (Wildman–Crippen MR) is 168 cm³/mol. The van der Waals surface area contributed by atoms with Gasteiger partial charge in [0.2, 0.25) is 20.0 Å². The van der Waals surface area contributed by atoms with Gasteiger partial charge >= 0.3 is 0 Å². The van der Waals surface area contributed by atoms with Gasteiger partial charge in [-0.2, -0.15) is 18.8 Å². The maximum atomic E-state index is 13.1. The molecule has 5 atom stereocenters. The molecule has 0 amide bonds. The minimum Gasteiger partial charge on any atom is -0.385 e. The lowest BCUT2D eigenvalue weighted by molar-refractivity contribution is 0.0244. The van der Waals surface area contributed by atoms with E-state index in [1.54, 1.807) is 36.7 Å². The molecule has 4 aliphatic heterocycles. The number of hydrogen-bond donors (Lipinski definition) is 3. The van der Waals surface area contributed by atoms with Crippen molar-refractivity contribution in [2.45, 2.75) is 78.6 Å². The highest BCUT2D eigenvalue weighted by Crippen LogP contribution is 2.48. The van der Waals surface area contributed by atoms with E-state index in [9.17, 15) is 26.7 Å². The molecule has 3 N–H and O–H groups in total. The molecule has 242 valence electrons. The molecule has 4 bridgehead atoms. The lowest BCUT2D eigenvalue weighted by atomic mass is 9.84. The van der Waals surface area contributed by atoms with Crippen LogP contribution in [0.2, 0.25) is 10.0 Å². The summed E-state index contributed by atoms with van der Waals surface area (Å²) in [7, 11) is -7.50. The van der Waals surface area contributed by atoms with E-state index in [1.807, 2.05) is 0 Å². The summed E-state index contributed by atoms with van der Waals surface area (Å²) in [6, 6.07) is 10.4. The van der Waals surface area contributed by atoms with Gasteiger partial charge in [0.15, 0.2) is 5.78 Å². The molecular formula is C30H30Cl2N6O6S2. The highest BCUT2D eigenvalue weighted by molar-refractivity contribution is 7.89. The lowest BCUT2D eigenvalue weighted by Crippen LogP contribution is -2.52. The number of aromatic amines is 2. The van der Waals surface area contributed by atoms with Crippen LogP contribution in [0.5, 0.6) is 0 Å². The number of benzene rings is 2. The van der Waals surface area contributed by atoms with Crippen LogP contribution in [0.25, 0.3) is 0 Å². The second kappa shape index (κ2) is 11.8. The fourth-order valence-electron chi connectivity index (χ4n) is 7.16. The first-order valence-corrected chi connectivity index (χ1v) is 18.5. The van der Waals surface area contributed by atoms with Crippen molar-refractivity contribution in [1.29, 1.82) is 0 Å². The topological polar surface area (TPSA) is 169 Å². The van der Waals surface area contributed by atoms with Gasteiger partial charge in [0.1, 0.15) is 11.8 Å². The zero-order chi connectivity index (χ0) is 32.4. The van der Waals surface area contributed by atoms with E-state index in [0.717, 1.165) is 24.8 Å². The normalized spacial score (nSPS) is 26.1. The molecule has 6 heterocycles. The third-order valence-corrected chi connectivity index (χ3v) is 13.6. The molecular weight excluding hydrogens is 675 g/mol. The Bertz CT molecular complexity index is 2000. The Kier molecular flexibility index (Phi) is 8.11. The number of halogens is 2. The third-order valence-electron chi connectivity index (χ3n) is 9.25. The molecule has 2 aromatic heterocycles. The first kappa shape index (κ1) is 31.5. The monoisotopic (exact) mass is 704 g/mol. The number of ketones is 1. The van der Waals surface area contributed by atoms with Crippen LogP contribution < -0.4 is 0 Å². The van der Waals surface area contributed by atoms with Crippen molar-refractivity contribution in [3.63, 3.8) is 0 Å². The molecule has 2 fully saturated rings. The van der Waals surface area contributed by atoms with Crippen LogP contribution in [0.15, 0.2) is 70.7 Å². The number of hydrogen-bond acceptors (Lipinski definition) is 8. The van der Waals surface area contributed by atoms with Crippen LogP contribution in [0, 0.1) is 0 Å². The zero-order valence-corrected chi connectivity index (χ0v) is 27.4. The summed E-state index contributed by atoms with van der Waals surface area (Å²) >= 11 is 11.7. The first-order valence-electron chi connectivity index (χ1n) is 14.9. The standard InChI is InChI=1S/C15H16ClN3O3S.C15H14ClN3O3S/c2*16-9-4-6-10(7-5-9)23(21,22)19-12-2-1-3-13(19)15(20)14-11(12)8-17-18-14/h4-8,12-13,15,20H,1-3H2,(H,17,18);4-8,12-13H,1-3H2,(H,17,18). The van der Waals surface area contributed by atoms with E-state index in [2.05, 4.69) is 20.4 Å². The molecule has 16 heteroatoms. The number of nitrogens with zero attached hydrogens (tertiary/aromatic N) is 4. The van der Waals surface area contributed by atoms with Crippen molar-refractivity contribution in [2.75, 3.05) is 0 Å². The van der Waals surface area contributed by atoms with Gasteiger partial charge in [-0.25, -0.2) is 16.8 Å². The van der Waals surface area contributed by atoms with Gasteiger partial charge in [0.05, 0.1) is 52.0 Å². The van der Waals surface area contributed by atoms with E-state index in [4.69, 9.17) is 23.2 Å². The van der Waals surface area contributed by atoms with Crippen LogP contribution in [-0.4, -0.2) is 68.8 Å². The smallest absolute Gasteiger partial charge is 0.244 e. The molecule has 0 aliphatic carbocycles. The summed E-state index contributed by atoms with van der Waals surface area (Å²) in [5.41, 5.74) is 2.53. The van der Waals surface area contributed by atoms with Gasteiger partial charge < -0.3 is 5.11 Å². The molecule has 8 rings (SSSR count). The quantitative estimate of drug-likeness (QED) is 0.268. The Balaban J connectivity index is 0.000000147. The van der Waals surface area contributed by atoms with E-state index >= 15 is 0 Å². The summed E-state index contributed by atoms with van der Waals surface area (Å²) in [5.74, 6) is -0.203. The van der Waals surface area contributed by atoms with Gasteiger partial charge in [0.25, 0.3) is 0 Å². The van der Waals surface area contributed by atoms with E-state index in [0.29, 0.717) is 46.3 Å². The number of sulfonamides is 2. The number of carbonyl (C=O) groups excluding carboxylic acids is 1. The SMILES string of the molecule is O=C1c2[nH]ncc2C2CCCC1N2S(=O)(=O)c1ccc(Cl)cc1.O=S(=O)(c1ccc(Cl)cc1)N1C2CCCC1C(O)c1[nH]ncc12. The minimum absolute atomic E-state index is 0.151. The van der Waals surface area contributed by atoms with Crippen LogP contribution in [0.4, 0.5) is 0 Å². The van der Waals surface area contributed by atoms with Crippen molar-refractivity contribution in [1.82, 2.24) is 29.0 Å². The average Bonchev–Trinajstić information content (AvgIpc) is 3.74. The molecule has 0 spiro atoms. The van der Waals surface area contributed by atoms with E-state index in [-0.39, 0.29) is 27.7 Å². The Labute approximate surface area is 275 Å². The summed E-state index contributed by atoms with van der Waals surface area (Å²) in [6.07, 6.45) is 6.56. The highest BCUT2D eigenvalue weighted by atomic mass is 35.5. The number of fused-ring (bicyclic) bond motifs is 8. The van der Waals surface area contributed by atoms with Crippen molar-refractivity contribution >= 4 is 49.0 Å². The van der Waals surface area contributed by atoms with Crippen LogP contribution in [0.3, 0.4) is 0 Å². The molecule has 0 saturated carbocycles. The van der Waals surface area contributed by atoms with Gasteiger partial charge in [-0.3, -0.25) is 15.0 Å². The molecule has 4 aliphatic rings. The fourth-order valence-corrected chi connectivity index (χ4v) is 11.1. The number of aromatic nitrogens is 4. The van der Waals surface area contributed by atoms with Crippen LogP contribution in [-0.2, 0) is 20.0 Å². The number of carbonyl (C=O) groups is 1. The number of H-pyrrole nitrogens is 2. The Morgan fingerprint density at radius 2 is 1.20 bits per heavy atom. The van der Waals surface area contributed by atoms with Gasteiger partial charge in [-0.05, 0) is 87.1 Å². The summed E-state index contributed by atoms with van der Waals surface area (Å²) in [4.78, 5) is 13.0. The summed E-state index contributed by atoms with van der Waals surface area (Å²) in [6.45, 7) is 0. The maximum Gasteiger partial charge on any atom is 0.244 e. The van der Waals surface area contributed by atoms with E-state index in [1.165, 1.54) is 32.9 Å². The molecule has 2 aromatic carbocycles. The number of Topliss-reactive ketones (excluding diaryl/α,β-unsaturated/α-hetero) is 1. The highest BCUT2D eigenvalue weighted by Gasteiger charge is 2.51. The largest absolute Gasteiger partial charge is 0.385 e. The van der Waals surface area contributed by atoms with Crippen molar-refractivity contribution < 1.29 is 26.7 Å². The average molecular weight is 706 g/mol. The number of nitrogens with one attached hydrogen (secondary N) is 2. The first-order chi connectivity index (χ1) is 22.0. The van der Waals surface area contributed by atoms with E-state index < -0.39 is 38.2 Å². The summed E-state index contributed by atoms with van der Waals surface area (Å²) in [5, 5.41) is 25.0. The minimum atomic E-state index is -3.78. The van der Waals surface area contributed by atoms with Gasteiger partial charge in [-0.15, -0.1) is 0 Å². The van der Waals surface area contributed by atoms with Crippen molar-refractivity contribution in [3.05, 3.63) is 93.5 Å². The van der Waals surface area contributed by atoms with Crippen LogP contribution in [0.1, 0.15) is 84.0 Å². The zero-order valence-electron chi connectivity index (χ0n) is 24.3. The maximum absolute atomic E-state index is 13.1. The second-order valence-electron chi connectivity index (χ2n) is 11.8. The summed E-state index contributed by atoms with van der Waals surface area (Å²) < 4.78 is 55.3. The predicted octanol–water partition coefficient (Wildman–Crippen LogP) is 4.94. The molecule has 0 radical (unpaired) electrons. The van der Waals surface area contributed by atoms with Crippen LogP contribution >= 0.6 is 23.2 Å². The van der Waals surface area contributed by atoms with Crippen molar-refractivity contribution in [2.24, 2.45) is 0 Å². The number of aliphatic hydroxyl groups excluding tert-OH is 1. The molecule has 46 heavy (non-hydrogen) atoms. The lowest BCUT2D eigenvalue weighted by Gasteiger charge is -2.46. The Morgan fingerprint density at radius 1 is 0.696 bits per heavy atom. The number of piperidine rings is 2. The molecule has 12 nitrogen and oxygen atoms in total. The van der Waals surface area contributed by atoms with Gasteiger partial charge in [-0.1, -0.05) is 23.2 Å².